The second kappa shape index (κ2) is 6.18. The van der Waals surface area contributed by atoms with E-state index in [0.717, 1.165) is 22.4 Å². The summed E-state index contributed by atoms with van der Waals surface area (Å²) in [5.41, 5.74) is 3.46. The fourth-order valence-electron chi connectivity index (χ4n) is 2.15. The predicted octanol–water partition coefficient (Wildman–Crippen LogP) is 3.38. The van der Waals surface area contributed by atoms with Crippen molar-refractivity contribution in [1.82, 2.24) is 4.98 Å². The second-order valence-corrected chi connectivity index (χ2v) is 5.63. The number of aliphatic hydroxyl groups excluding tert-OH is 2. The summed E-state index contributed by atoms with van der Waals surface area (Å²) in [6.45, 7) is 0.0114. The van der Waals surface area contributed by atoms with Gasteiger partial charge in [-0.2, -0.15) is 0 Å². The highest BCUT2D eigenvalue weighted by atomic mass is 32.1. The largest absolute Gasteiger partial charge is 0.392 e. The zero-order valence-electron chi connectivity index (χ0n) is 11.3. The second-order valence-electron chi connectivity index (χ2n) is 4.74. The first-order valence-electron chi connectivity index (χ1n) is 6.66. The highest BCUT2D eigenvalue weighted by molar-refractivity contribution is 7.10. The number of hydrogen-bond acceptors (Lipinski definition) is 4. The Morgan fingerprint density at radius 2 is 1.86 bits per heavy atom. The van der Waals surface area contributed by atoms with Crippen molar-refractivity contribution in [3.8, 4) is 11.3 Å². The summed E-state index contributed by atoms with van der Waals surface area (Å²) < 4.78 is 0. The van der Waals surface area contributed by atoms with Gasteiger partial charge in [-0.1, -0.05) is 48.5 Å². The van der Waals surface area contributed by atoms with Crippen molar-refractivity contribution in [3.05, 3.63) is 76.1 Å². The van der Waals surface area contributed by atoms with Crippen LogP contribution in [0.2, 0.25) is 0 Å². The lowest BCUT2D eigenvalue weighted by Gasteiger charge is -2.07. The normalized spacial score (nSPS) is 12.3. The number of thiazole rings is 1. The molecule has 106 valence electrons. The number of benzene rings is 2. The summed E-state index contributed by atoms with van der Waals surface area (Å²) in [6, 6.07) is 17.1. The molecule has 0 aliphatic heterocycles. The molecule has 3 aromatic rings. The van der Waals surface area contributed by atoms with Crippen molar-refractivity contribution in [3.63, 3.8) is 0 Å². The molecule has 0 spiro atoms. The lowest BCUT2D eigenvalue weighted by atomic mass is 10.1. The fourth-order valence-corrected chi connectivity index (χ4v) is 2.99. The Balaban J connectivity index is 1.89. The number of hydrogen-bond donors (Lipinski definition) is 2. The molecule has 0 amide bonds. The summed E-state index contributed by atoms with van der Waals surface area (Å²) in [5, 5.41) is 22.2. The number of aliphatic hydroxyl groups is 2. The molecule has 1 aromatic heterocycles. The van der Waals surface area contributed by atoms with E-state index < -0.39 is 6.10 Å². The summed E-state index contributed by atoms with van der Waals surface area (Å²) in [6.07, 6.45) is -0.703. The summed E-state index contributed by atoms with van der Waals surface area (Å²) >= 11 is 1.44. The van der Waals surface area contributed by atoms with Crippen LogP contribution < -0.4 is 0 Å². The minimum absolute atomic E-state index is 0.0114. The van der Waals surface area contributed by atoms with E-state index in [4.69, 9.17) is 0 Å². The smallest absolute Gasteiger partial charge is 0.131 e. The van der Waals surface area contributed by atoms with Crippen LogP contribution in [0.5, 0.6) is 0 Å². The van der Waals surface area contributed by atoms with Gasteiger partial charge in [-0.3, -0.25) is 0 Å². The molecule has 3 rings (SSSR count). The lowest BCUT2D eigenvalue weighted by molar-refractivity contribution is 0.220. The van der Waals surface area contributed by atoms with Crippen molar-refractivity contribution in [2.45, 2.75) is 12.7 Å². The molecule has 0 saturated heterocycles. The minimum Gasteiger partial charge on any atom is -0.392 e. The Bertz CT molecular complexity index is 724. The van der Waals surface area contributed by atoms with Crippen LogP contribution in [0.25, 0.3) is 11.3 Å². The van der Waals surface area contributed by atoms with Crippen molar-refractivity contribution >= 4 is 11.3 Å². The Labute approximate surface area is 127 Å². The molecule has 0 radical (unpaired) electrons. The molecule has 0 bridgehead atoms. The monoisotopic (exact) mass is 297 g/mol. The van der Waals surface area contributed by atoms with Crippen LogP contribution in [0.3, 0.4) is 0 Å². The first kappa shape index (κ1) is 13.9. The summed E-state index contributed by atoms with van der Waals surface area (Å²) in [4.78, 5) is 4.52. The Hall–Kier alpha value is -2.01. The zero-order chi connectivity index (χ0) is 14.7. The Morgan fingerprint density at radius 3 is 2.62 bits per heavy atom. The van der Waals surface area contributed by atoms with Crippen LogP contribution in [0, 0.1) is 0 Å². The number of nitrogens with zero attached hydrogens (tertiary/aromatic N) is 1. The highest BCUT2D eigenvalue weighted by Gasteiger charge is 2.15. The molecule has 1 atom stereocenters. The molecule has 2 aromatic carbocycles. The molecule has 2 N–H and O–H groups in total. The van der Waals surface area contributed by atoms with Gasteiger partial charge in [0, 0.05) is 10.9 Å². The van der Waals surface area contributed by atoms with Crippen LogP contribution >= 0.6 is 11.3 Å². The van der Waals surface area contributed by atoms with Crippen LogP contribution in [0.1, 0.15) is 22.2 Å². The van der Waals surface area contributed by atoms with E-state index in [9.17, 15) is 10.2 Å². The maximum absolute atomic E-state index is 10.4. The van der Waals surface area contributed by atoms with E-state index in [2.05, 4.69) is 4.98 Å². The van der Waals surface area contributed by atoms with Gasteiger partial charge in [0.25, 0.3) is 0 Å². The standard InChI is InChI=1S/C17H15NO2S/c19-10-12-5-4-8-14(9-12)15-11-21-17(18-15)16(20)13-6-2-1-3-7-13/h1-9,11,16,19-20H,10H2. The van der Waals surface area contributed by atoms with Crippen molar-refractivity contribution in [1.29, 1.82) is 0 Å². The van der Waals surface area contributed by atoms with Gasteiger partial charge in [-0.05, 0) is 17.2 Å². The topological polar surface area (TPSA) is 53.4 Å². The van der Waals surface area contributed by atoms with Crippen molar-refractivity contribution in [2.75, 3.05) is 0 Å². The van der Waals surface area contributed by atoms with Gasteiger partial charge in [0.2, 0.25) is 0 Å². The van der Waals surface area contributed by atoms with E-state index in [1.54, 1.807) is 0 Å². The molecule has 0 fully saturated rings. The summed E-state index contributed by atoms with van der Waals surface area (Å²) in [7, 11) is 0. The average Bonchev–Trinajstić information content (AvgIpc) is 3.05. The third-order valence-corrected chi connectivity index (χ3v) is 4.17. The van der Waals surface area contributed by atoms with Gasteiger partial charge in [0.05, 0.1) is 12.3 Å². The van der Waals surface area contributed by atoms with E-state index >= 15 is 0 Å². The third-order valence-electron chi connectivity index (χ3n) is 3.28. The van der Waals surface area contributed by atoms with Crippen LogP contribution in [0.4, 0.5) is 0 Å². The lowest BCUT2D eigenvalue weighted by Crippen LogP contribution is -1.98. The predicted molar refractivity (Wildman–Crippen MR) is 84.0 cm³/mol. The molecule has 1 heterocycles. The Kier molecular flexibility index (Phi) is 4.10. The van der Waals surface area contributed by atoms with Crippen LogP contribution in [-0.2, 0) is 6.61 Å². The van der Waals surface area contributed by atoms with E-state index in [0.29, 0.717) is 5.01 Å². The average molecular weight is 297 g/mol. The van der Waals surface area contributed by atoms with Crippen molar-refractivity contribution in [2.24, 2.45) is 0 Å². The van der Waals surface area contributed by atoms with Gasteiger partial charge < -0.3 is 10.2 Å². The maximum Gasteiger partial charge on any atom is 0.131 e. The van der Waals surface area contributed by atoms with E-state index in [1.165, 1.54) is 11.3 Å². The van der Waals surface area contributed by atoms with Crippen LogP contribution in [0.15, 0.2) is 60.0 Å². The van der Waals surface area contributed by atoms with Gasteiger partial charge in [0.15, 0.2) is 0 Å². The first-order valence-corrected chi connectivity index (χ1v) is 7.54. The highest BCUT2D eigenvalue weighted by Crippen LogP contribution is 2.29. The fraction of sp³-hybridized carbons (Fsp3) is 0.118. The van der Waals surface area contributed by atoms with E-state index in [-0.39, 0.29) is 6.61 Å². The SMILES string of the molecule is OCc1cccc(-c2csc(C(O)c3ccccc3)n2)c1. The van der Waals surface area contributed by atoms with Gasteiger partial charge in [0.1, 0.15) is 11.1 Å². The molecule has 0 aliphatic rings. The zero-order valence-corrected chi connectivity index (χ0v) is 12.1. The molecule has 3 nitrogen and oxygen atoms in total. The van der Waals surface area contributed by atoms with E-state index in [1.807, 2.05) is 60.0 Å². The first-order chi connectivity index (χ1) is 10.3. The third kappa shape index (κ3) is 3.03. The Morgan fingerprint density at radius 1 is 1.05 bits per heavy atom. The molecule has 4 heteroatoms. The minimum atomic E-state index is -0.703. The number of aromatic nitrogens is 1. The molecule has 0 saturated carbocycles. The van der Waals surface area contributed by atoms with Gasteiger partial charge in [-0.15, -0.1) is 11.3 Å². The summed E-state index contributed by atoms with van der Waals surface area (Å²) in [5.74, 6) is 0. The van der Waals surface area contributed by atoms with Gasteiger partial charge >= 0.3 is 0 Å². The molecule has 21 heavy (non-hydrogen) atoms. The molecular formula is C17H15NO2S. The molecule has 1 unspecified atom stereocenters. The maximum atomic E-state index is 10.4. The molecule has 0 aliphatic carbocycles. The quantitative estimate of drug-likeness (QED) is 0.776. The molecular weight excluding hydrogens is 282 g/mol. The number of rotatable bonds is 4. The van der Waals surface area contributed by atoms with Crippen molar-refractivity contribution < 1.29 is 10.2 Å². The van der Waals surface area contributed by atoms with Crippen LogP contribution in [-0.4, -0.2) is 15.2 Å². The van der Waals surface area contributed by atoms with Gasteiger partial charge in [-0.25, -0.2) is 4.98 Å².